The van der Waals surface area contributed by atoms with E-state index in [9.17, 15) is 14.4 Å². The zero-order valence-corrected chi connectivity index (χ0v) is 13.9. The number of ether oxygens (including phenoxy) is 1. The number of carbonyl (C=O) groups is 3. The summed E-state index contributed by atoms with van der Waals surface area (Å²) in [5.74, 6) is -2.66. The van der Waals surface area contributed by atoms with Crippen LogP contribution < -0.4 is 10.1 Å². The van der Waals surface area contributed by atoms with E-state index in [2.05, 4.69) is 10.3 Å². The minimum absolute atomic E-state index is 0.144. The summed E-state index contributed by atoms with van der Waals surface area (Å²) in [6, 6.07) is 7.18. The second-order valence-electron chi connectivity index (χ2n) is 5.68. The summed E-state index contributed by atoms with van der Waals surface area (Å²) in [7, 11) is 1.53. The van der Waals surface area contributed by atoms with E-state index in [0.29, 0.717) is 5.75 Å². The number of rotatable bonds is 4. The highest BCUT2D eigenvalue weighted by Gasteiger charge is 2.42. The van der Waals surface area contributed by atoms with Gasteiger partial charge in [0.25, 0.3) is 11.8 Å². The van der Waals surface area contributed by atoms with Crippen LogP contribution in [0.1, 0.15) is 12.5 Å². The standard InChI is InChI=1S/C18H17N3O4/c1-11-7-8-21-14(9-11)20-17(23)15(18(21)24)16(22)19-10-12-5-3-4-6-13(12)25-2/h3-9,15H,10H2,1-2H3,(H,19,22). The van der Waals surface area contributed by atoms with Gasteiger partial charge in [-0.15, -0.1) is 0 Å². The number of hydrogen-bond acceptors (Lipinski definition) is 4. The van der Waals surface area contributed by atoms with Gasteiger partial charge in [0.15, 0.2) is 5.92 Å². The van der Waals surface area contributed by atoms with Gasteiger partial charge in [0, 0.05) is 18.3 Å². The highest BCUT2D eigenvalue weighted by molar-refractivity contribution is 6.27. The number of carbonyl (C=O) groups excluding carboxylic acids is 3. The fraction of sp³-hybridized carbons (Fsp3) is 0.222. The van der Waals surface area contributed by atoms with E-state index >= 15 is 0 Å². The van der Waals surface area contributed by atoms with E-state index in [0.717, 1.165) is 11.1 Å². The van der Waals surface area contributed by atoms with Crippen molar-refractivity contribution in [2.45, 2.75) is 13.5 Å². The molecule has 1 unspecified atom stereocenters. The lowest BCUT2D eigenvalue weighted by atomic mass is 10.0. The first-order valence-corrected chi connectivity index (χ1v) is 7.73. The van der Waals surface area contributed by atoms with Crippen molar-refractivity contribution in [3.05, 3.63) is 53.8 Å². The number of nitrogens with one attached hydrogen (secondary N) is 1. The molecule has 7 nitrogen and oxygen atoms in total. The van der Waals surface area contributed by atoms with Crippen molar-refractivity contribution in [3.8, 4) is 5.75 Å². The number of methoxy groups -OCH3 is 1. The Balaban J connectivity index is 1.75. The van der Waals surface area contributed by atoms with Crippen LogP contribution in [0, 0.1) is 5.92 Å². The summed E-state index contributed by atoms with van der Waals surface area (Å²) >= 11 is 0. The lowest BCUT2D eigenvalue weighted by molar-refractivity contribution is -0.144. The maximum atomic E-state index is 12.5. The average molecular weight is 339 g/mol. The average Bonchev–Trinajstić information content (AvgIpc) is 2.59. The molecule has 2 aliphatic rings. The molecule has 1 aromatic carbocycles. The molecule has 0 saturated heterocycles. The van der Waals surface area contributed by atoms with Crippen LogP contribution in [0.2, 0.25) is 0 Å². The van der Waals surface area contributed by atoms with E-state index in [-0.39, 0.29) is 12.4 Å². The van der Waals surface area contributed by atoms with Crippen LogP contribution in [0.25, 0.3) is 0 Å². The number of benzene rings is 1. The monoisotopic (exact) mass is 339 g/mol. The summed E-state index contributed by atoms with van der Waals surface area (Å²) in [4.78, 5) is 42.2. The van der Waals surface area contributed by atoms with Crippen LogP contribution in [-0.4, -0.2) is 35.6 Å². The van der Waals surface area contributed by atoms with Crippen molar-refractivity contribution >= 4 is 23.6 Å². The fourth-order valence-corrected chi connectivity index (χ4v) is 2.64. The Kier molecular flexibility index (Phi) is 4.47. The molecule has 0 spiro atoms. The van der Waals surface area contributed by atoms with E-state index in [1.165, 1.54) is 18.2 Å². The summed E-state index contributed by atoms with van der Waals surface area (Å²) < 4.78 is 5.22. The third-order valence-corrected chi connectivity index (χ3v) is 3.95. The minimum atomic E-state index is -1.48. The molecule has 0 aliphatic carbocycles. The zero-order valence-electron chi connectivity index (χ0n) is 13.9. The van der Waals surface area contributed by atoms with E-state index in [1.54, 1.807) is 24.3 Å². The van der Waals surface area contributed by atoms with Crippen molar-refractivity contribution in [2.75, 3.05) is 7.11 Å². The first-order chi connectivity index (χ1) is 12.0. The van der Waals surface area contributed by atoms with E-state index in [4.69, 9.17) is 4.74 Å². The van der Waals surface area contributed by atoms with Crippen LogP contribution in [0.3, 0.4) is 0 Å². The predicted molar refractivity (Wildman–Crippen MR) is 90.5 cm³/mol. The number of allylic oxidation sites excluding steroid dienone is 2. The highest BCUT2D eigenvalue weighted by Crippen LogP contribution is 2.20. The van der Waals surface area contributed by atoms with Gasteiger partial charge >= 0.3 is 0 Å². The summed E-state index contributed by atoms with van der Waals surface area (Å²) in [6.45, 7) is 1.97. The number of para-hydroxylation sites is 1. The Morgan fingerprint density at radius 2 is 2.08 bits per heavy atom. The van der Waals surface area contributed by atoms with Crippen LogP contribution in [-0.2, 0) is 20.9 Å². The molecular formula is C18H17N3O4. The van der Waals surface area contributed by atoms with Gasteiger partial charge in [0.2, 0.25) is 5.91 Å². The molecule has 2 heterocycles. The quantitative estimate of drug-likeness (QED) is 0.834. The molecule has 3 rings (SSSR count). The van der Waals surface area contributed by atoms with Crippen molar-refractivity contribution in [1.29, 1.82) is 0 Å². The lowest BCUT2D eigenvalue weighted by Crippen LogP contribution is -2.50. The van der Waals surface area contributed by atoms with E-state index < -0.39 is 23.6 Å². The molecule has 3 amide bonds. The molecule has 1 aromatic rings. The number of amides is 3. The summed E-state index contributed by atoms with van der Waals surface area (Å²) in [6.07, 6.45) is 4.86. The van der Waals surface area contributed by atoms with Gasteiger partial charge in [-0.05, 0) is 30.7 Å². The Hall–Kier alpha value is -3.22. The Labute approximate surface area is 144 Å². The van der Waals surface area contributed by atoms with Crippen molar-refractivity contribution < 1.29 is 19.1 Å². The molecule has 1 atom stereocenters. The third kappa shape index (κ3) is 3.21. The van der Waals surface area contributed by atoms with Gasteiger partial charge < -0.3 is 10.1 Å². The SMILES string of the molecule is COc1ccccc1CNC(=O)C1C(=O)N=C2C=C(C)C=CN2C1=O. The maximum Gasteiger partial charge on any atom is 0.269 e. The van der Waals surface area contributed by atoms with E-state index in [1.807, 2.05) is 19.1 Å². The molecular weight excluding hydrogens is 322 g/mol. The number of nitrogens with zero attached hydrogens (tertiary/aromatic N) is 2. The first-order valence-electron chi connectivity index (χ1n) is 7.73. The minimum Gasteiger partial charge on any atom is -0.496 e. The van der Waals surface area contributed by atoms with Gasteiger partial charge in [-0.3, -0.25) is 19.3 Å². The molecule has 0 saturated carbocycles. The number of aliphatic imine (C=N–C) groups is 1. The molecule has 7 heteroatoms. The summed E-state index contributed by atoms with van der Waals surface area (Å²) in [5.41, 5.74) is 1.62. The molecule has 25 heavy (non-hydrogen) atoms. The van der Waals surface area contributed by atoms with Gasteiger partial charge in [0.05, 0.1) is 7.11 Å². The normalized spacial score (nSPS) is 19.1. The molecule has 1 N–H and O–H groups in total. The van der Waals surface area contributed by atoms with Crippen LogP contribution in [0.15, 0.2) is 53.2 Å². The van der Waals surface area contributed by atoms with Crippen molar-refractivity contribution in [2.24, 2.45) is 10.9 Å². The van der Waals surface area contributed by atoms with Gasteiger partial charge in [-0.2, -0.15) is 4.99 Å². The lowest BCUT2D eigenvalue weighted by Gasteiger charge is -2.28. The molecule has 0 bridgehead atoms. The largest absolute Gasteiger partial charge is 0.496 e. The van der Waals surface area contributed by atoms with Crippen LogP contribution in [0.4, 0.5) is 0 Å². The molecule has 128 valence electrons. The fourth-order valence-electron chi connectivity index (χ4n) is 2.64. The van der Waals surface area contributed by atoms with Crippen LogP contribution in [0.5, 0.6) is 5.75 Å². The number of hydrogen-bond donors (Lipinski definition) is 1. The molecule has 2 aliphatic heterocycles. The number of fused-ring (bicyclic) bond motifs is 1. The van der Waals surface area contributed by atoms with Gasteiger partial charge in [-0.25, -0.2) is 0 Å². The third-order valence-electron chi connectivity index (χ3n) is 3.95. The van der Waals surface area contributed by atoms with Gasteiger partial charge in [0.1, 0.15) is 11.6 Å². The summed E-state index contributed by atoms with van der Waals surface area (Å²) in [5, 5.41) is 2.61. The maximum absolute atomic E-state index is 12.5. The van der Waals surface area contributed by atoms with Crippen molar-refractivity contribution in [1.82, 2.24) is 10.2 Å². The smallest absolute Gasteiger partial charge is 0.269 e. The topological polar surface area (TPSA) is 88.1 Å². The number of amidine groups is 1. The Bertz CT molecular complexity index is 838. The second-order valence-corrected chi connectivity index (χ2v) is 5.68. The molecule has 0 aromatic heterocycles. The molecule has 0 radical (unpaired) electrons. The molecule has 0 fully saturated rings. The second kappa shape index (κ2) is 6.72. The van der Waals surface area contributed by atoms with Crippen molar-refractivity contribution in [3.63, 3.8) is 0 Å². The Morgan fingerprint density at radius 1 is 1.32 bits per heavy atom. The van der Waals surface area contributed by atoms with Gasteiger partial charge in [-0.1, -0.05) is 18.2 Å². The zero-order chi connectivity index (χ0) is 18.0. The van der Waals surface area contributed by atoms with Crippen LogP contribution >= 0.6 is 0 Å². The highest BCUT2D eigenvalue weighted by atomic mass is 16.5. The first kappa shape index (κ1) is 16.6. The Morgan fingerprint density at radius 3 is 2.84 bits per heavy atom. The predicted octanol–water partition coefficient (Wildman–Crippen LogP) is 1.17.